The van der Waals surface area contributed by atoms with E-state index < -0.39 is 0 Å². The highest BCUT2D eigenvalue weighted by Crippen LogP contribution is 2.28. The van der Waals surface area contributed by atoms with Gasteiger partial charge in [-0.2, -0.15) is 0 Å². The van der Waals surface area contributed by atoms with E-state index in [-0.39, 0.29) is 0 Å². The Labute approximate surface area is 111 Å². The van der Waals surface area contributed by atoms with Gasteiger partial charge in [0.15, 0.2) is 0 Å². The van der Waals surface area contributed by atoms with Crippen LogP contribution in [0.3, 0.4) is 0 Å². The van der Waals surface area contributed by atoms with Crippen molar-refractivity contribution >= 4 is 0 Å². The van der Waals surface area contributed by atoms with Gasteiger partial charge in [0.2, 0.25) is 0 Å². The molecular weight excluding hydrogens is 220 g/mol. The van der Waals surface area contributed by atoms with Gasteiger partial charge in [0.25, 0.3) is 0 Å². The normalized spacial score (nSPS) is 27.2. The molecule has 2 N–H and O–H groups in total. The average molecular weight is 246 g/mol. The third-order valence-electron chi connectivity index (χ3n) is 4.44. The lowest BCUT2D eigenvalue weighted by Crippen LogP contribution is -2.46. The molecule has 1 aliphatic rings. The molecule has 1 saturated heterocycles. The predicted molar refractivity (Wildman–Crippen MR) is 77.7 cm³/mol. The van der Waals surface area contributed by atoms with Gasteiger partial charge in [-0.15, -0.1) is 0 Å². The van der Waals surface area contributed by atoms with E-state index in [0.717, 1.165) is 19.5 Å². The summed E-state index contributed by atoms with van der Waals surface area (Å²) in [5, 5.41) is 0. The van der Waals surface area contributed by atoms with Crippen LogP contribution in [0.1, 0.15) is 43.0 Å². The maximum atomic E-state index is 6.11. The van der Waals surface area contributed by atoms with Gasteiger partial charge in [-0.05, 0) is 44.2 Å². The molecule has 1 aliphatic heterocycles. The first-order valence-electron chi connectivity index (χ1n) is 7.06. The van der Waals surface area contributed by atoms with Crippen LogP contribution in [0.4, 0.5) is 0 Å². The summed E-state index contributed by atoms with van der Waals surface area (Å²) in [6, 6.07) is 7.65. The number of nitrogens with two attached hydrogens (primary N) is 1. The minimum atomic E-state index is 0.382. The number of benzene rings is 1. The van der Waals surface area contributed by atoms with Crippen LogP contribution in [0.15, 0.2) is 18.2 Å². The fourth-order valence-electron chi connectivity index (χ4n) is 2.95. The molecule has 0 bridgehead atoms. The van der Waals surface area contributed by atoms with Crippen molar-refractivity contribution < 1.29 is 0 Å². The van der Waals surface area contributed by atoms with Gasteiger partial charge in [-0.1, -0.05) is 30.7 Å². The number of nitrogens with zero attached hydrogens (tertiary/aromatic N) is 1. The minimum Gasteiger partial charge on any atom is -0.327 e. The molecule has 2 nitrogen and oxygen atoms in total. The average Bonchev–Trinajstić information content (AvgIpc) is 2.35. The van der Waals surface area contributed by atoms with E-state index in [0.29, 0.717) is 18.0 Å². The Balaban J connectivity index is 2.16. The van der Waals surface area contributed by atoms with Gasteiger partial charge in [0, 0.05) is 25.2 Å². The molecule has 3 atom stereocenters. The monoisotopic (exact) mass is 246 g/mol. The smallest absolute Gasteiger partial charge is 0.0322 e. The summed E-state index contributed by atoms with van der Waals surface area (Å²) in [5.74, 6) is 0.603. The van der Waals surface area contributed by atoms with Gasteiger partial charge in [0.05, 0.1) is 0 Å². The summed E-state index contributed by atoms with van der Waals surface area (Å²) in [6.07, 6.45) is 1.12. The fraction of sp³-hybridized carbons (Fsp3) is 0.625. The third kappa shape index (κ3) is 2.76. The molecule has 100 valence electrons. The van der Waals surface area contributed by atoms with E-state index >= 15 is 0 Å². The number of aryl methyl sites for hydroxylation is 2. The lowest BCUT2D eigenvalue weighted by atomic mass is 9.91. The molecule has 1 aromatic carbocycles. The first-order chi connectivity index (χ1) is 8.49. The molecule has 0 aromatic heterocycles. The van der Waals surface area contributed by atoms with E-state index in [1.54, 1.807) is 0 Å². The van der Waals surface area contributed by atoms with E-state index in [4.69, 9.17) is 5.73 Å². The summed E-state index contributed by atoms with van der Waals surface area (Å²) in [4.78, 5) is 2.58. The second kappa shape index (κ2) is 5.41. The first-order valence-corrected chi connectivity index (χ1v) is 7.06. The molecule has 18 heavy (non-hydrogen) atoms. The quantitative estimate of drug-likeness (QED) is 0.869. The highest BCUT2D eigenvalue weighted by atomic mass is 15.2. The molecule has 0 radical (unpaired) electrons. The summed E-state index contributed by atoms with van der Waals surface area (Å²) in [5.41, 5.74) is 10.3. The lowest BCUT2D eigenvalue weighted by molar-refractivity contribution is 0.124. The molecule has 1 heterocycles. The van der Waals surface area contributed by atoms with Gasteiger partial charge in [0.1, 0.15) is 0 Å². The zero-order valence-electron chi connectivity index (χ0n) is 12.1. The first kappa shape index (κ1) is 13.6. The van der Waals surface area contributed by atoms with Crippen molar-refractivity contribution in [3.63, 3.8) is 0 Å². The van der Waals surface area contributed by atoms with Crippen molar-refractivity contribution in [1.82, 2.24) is 4.90 Å². The van der Waals surface area contributed by atoms with Crippen molar-refractivity contribution in [2.45, 2.75) is 46.2 Å². The molecule has 2 rings (SSSR count). The van der Waals surface area contributed by atoms with Crippen LogP contribution in [0, 0.1) is 19.8 Å². The molecular formula is C16H26N2. The van der Waals surface area contributed by atoms with Gasteiger partial charge < -0.3 is 5.73 Å². The summed E-state index contributed by atoms with van der Waals surface area (Å²) >= 11 is 0. The maximum absolute atomic E-state index is 6.11. The van der Waals surface area contributed by atoms with E-state index in [1.807, 2.05) is 0 Å². The number of hydrogen-bond donors (Lipinski definition) is 1. The summed E-state index contributed by atoms with van der Waals surface area (Å²) < 4.78 is 0. The summed E-state index contributed by atoms with van der Waals surface area (Å²) in [7, 11) is 0. The van der Waals surface area contributed by atoms with Crippen molar-refractivity contribution in [2.75, 3.05) is 13.1 Å². The molecule has 3 unspecified atom stereocenters. The molecule has 0 spiro atoms. The number of rotatable bonds is 2. The fourth-order valence-corrected chi connectivity index (χ4v) is 2.95. The second-order valence-corrected chi connectivity index (χ2v) is 5.96. The van der Waals surface area contributed by atoms with Crippen LogP contribution in [0.25, 0.3) is 0 Å². The van der Waals surface area contributed by atoms with Crippen molar-refractivity contribution in [2.24, 2.45) is 11.7 Å². The van der Waals surface area contributed by atoms with Crippen LogP contribution in [0.5, 0.6) is 0 Å². The topological polar surface area (TPSA) is 29.3 Å². The maximum Gasteiger partial charge on any atom is 0.0322 e. The van der Waals surface area contributed by atoms with Gasteiger partial charge in [-0.25, -0.2) is 0 Å². The van der Waals surface area contributed by atoms with Crippen LogP contribution in [-0.2, 0) is 0 Å². The zero-order valence-corrected chi connectivity index (χ0v) is 12.1. The largest absolute Gasteiger partial charge is 0.327 e. The van der Waals surface area contributed by atoms with Gasteiger partial charge in [-0.3, -0.25) is 4.90 Å². The Morgan fingerprint density at radius 2 is 2.06 bits per heavy atom. The highest BCUT2D eigenvalue weighted by molar-refractivity contribution is 5.32. The predicted octanol–water partition coefficient (Wildman–Crippen LogP) is 3.03. The summed E-state index contributed by atoms with van der Waals surface area (Å²) in [6.45, 7) is 11.2. The number of piperidine rings is 1. The van der Waals surface area contributed by atoms with E-state index in [9.17, 15) is 0 Å². The van der Waals surface area contributed by atoms with E-state index in [2.05, 4.69) is 50.8 Å². The Morgan fingerprint density at radius 1 is 1.33 bits per heavy atom. The second-order valence-electron chi connectivity index (χ2n) is 5.96. The molecule has 1 aromatic rings. The molecule has 0 amide bonds. The van der Waals surface area contributed by atoms with E-state index in [1.165, 1.54) is 16.7 Å². The Kier molecular flexibility index (Phi) is 4.08. The van der Waals surface area contributed by atoms with Crippen LogP contribution < -0.4 is 5.73 Å². The third-order valence-corrected chi connectivity index (χ3v) is 4.44. The van der Waals surface area contributed by atoms with Crippen molar-refractivity contribution in [1.29, 1.82) is 0 Å². The van der Waals surface area contributed by atoms with Crippen molar-refractivity contribution in [3.05, 3.63) is 34.9 Å². The van der Waals surface area contributed by atoms with Crippen LogP contribution in [-0.4, -0.2) is 24.0 Å². The standard InChI is InChI=1S/C16H26N2/c1-11-5-6-12(2)15(9-11)14(4)18-8-7-16(17)13(3)10-18/h5-6,9,13-14,16H,7-8,10,17H2,1-4H3. The molecule has 1 fully saturated rings. The van der Waals surface area contributed by atoms with Crippen LogP contribution in [0.2, 0.25) is 0 Å². The molecule has 0 saturated carbocycles. The number of likely N-dealkylation sites (tertiary alicyclic amines) is 1. The van der Waals surface area contributed by atoms with Crippen LogP contribution >= 0.6 is 0 Å². The zero-order chi connectivity index (χ0) is 13.3. The Hall–Kier alpha value is -0.860. The lowest BCUT2D eigenvalue weighted by Gasteiger charge is -2.39. The highest BCUT2D eigenvalue weighted by Gasteiger charge is 2.27. The van der Waals surface area contributed by atoms with Gasteiger partial charge >= 0.3 is 0 Å². The molecule has 2 heteroatoms. The molecule has 0 aliphatic carbocycles. The Morgan fingerprint density at radius 3 is 2.72 bits per heavy atom. The Bertz CT molecular complexity index is 414. The SMILES string of the molecule is Cc1ccc(C)c(C(C)N2CCC(N)C(C)C2)c1. The minimum absolute atomic E-state index is 0.382. The number of hydrogen-bond acceptors (Lipinski definition) is 2. The van der Waals surface area contributed by atoms with Crippen molar-refractivity contribution in [3.8, 4) is 0 Å².